The molecule has 0 saturated heterocycles. The first-order valence-corrected chi connectivity index (χ1v) is 8.61. The van der Waals surface area contributed by atoms with E-state index < -0.39 is 10.0 Å². The number of thiophene rings is 1. The van der Waals surface area contributed by atoms with Gasteiger partial charge in [-0.15, -0.1) is 11.3 Å². The van der Waals surface area contributed by atoms with Crippen LogP contribution in [0.15, 0.2) is 40.6 Å². The van der Waals surface area contributed by atoms with E-state index in [1.165, 1.54) is 15.6 Å². The first kappa shape index (κ1) is 16.0. The van der Waals surface area contributed by atoms with Crippen molar-refractivity contribution in [3.8, 4) is 5.75 Å². The van der Waals surface area contributed by atoms with E-state index in [4.69, 9.17) is 10.5 Å². The molecule has 0 atom stereocenters. The average molecular weight is 326 g/mol. The van der Waals surface area contributed by atoms with Gasteiger partial charge in [-0.25, -0.2) is 8.42 Å². The van der Waals surface area contributed by atoms with Gasteiger partial charge in [0.05, 0.1) is 7.11 Å². The fourth-order valence-electron chi connectivity index (χ4n) is 1.83. The Hall–Kier alpha value is -1.41. The Bertz CT molecular complexity index is 693. The summed E-state index contributed by atoms with van der Waals surface area (Å²) in [5, 5.41) is 0. The lowest BCUT2D eigenvalue weighted by Gasteiger charge is -2.16. The summed E-state index contributed by atoms with van der Waals surface area (Å²) in [6.07, 6.45) is 0. The summed E-state index contributed by atoms with van der Waals surface area (Å²) in [5.74, 6) is 0.745. The zero-order valence-corrected chi connectivity index (χ0v) is 13.6. The zero-order valence-electron chi connectivity index (χ0n) is 11.9. The van der Waals surface area contributed by atoms with Gasteiger partial charge in [0.1, 0.15) is 9.96 Å². The second kappa shape index (κ2) is 6.57. The highest BCUT2D eigenvalue weighted by Crippen LogP contribution is 2.25. The number of sulfonamides is 1. The SMILES string of the molecule is COc1ccc(CN(C)S(=O)(=O)c2ccc(CN)s2)cc1. The van der Waals surface area contributed by atoms with Crippen LogP contribution >= 0.6 is 11.3 Å². The highest BCUT2D eigenvalue weighted by atomic mass is 32.2. The molecule has 0 amide bonds. The maximum atomic E-state index is 12.5. The number of nitrogens with zero attached hydrogens (tertiary/aromatic N) is 1. The lowest BCUT2D eigenvalue weighted by Crippen LogP contribution is -2.25. The van der Waals surface area contributed by atoms with Crippen LogP contribution in [-0.2, 0) is 23.1 Å². The van der Waals surface area contributed by atoms with Crippen molar-refractivity contribution in [2.24, 2.45) is 5.73 Å². The molecular weight excluding hydrogens is 308 g/mol. The van der Waals surface area contributed by atoms with E-state index in [1.54, 1.807) is 26.3 Å². The van der Waals surface area contributed by atoms with Gasteiger partial charge in [-0.1, -0.05) is 12.1 Å². The molecule has 1 aromatic carbocycles. The van der Waals surface area contributed by atoms with Gasteiger partial charge >= 0.3 is 0 Å². The van der Waals surface area contributed by atoms with Crippen LogP contribution in [0.4, 0.5) is 0 Å². The van der Waals surface area contributed by atoms with E-state index in [9.17, 15) is 8.42 Å². The highest BCUT2D eigenvalue weighted by Gasteiger charge is 2.22. The van der Waals surface area contributed by atoms with Crippen LogP contribution in [0.2, 0.25) is 0 Å². The fraction of sp³-hybridized carbons (Fsp3) is 0.286. The van der Waals surface area contributed by atoms with Crippen molar-refractivity contribution in [2.75, 3.05) is 14.2 Å². The molecule has 1 heterocycles. The summed E-state index contributed by atoms with van der Waals surface area (Å²) in [6.45, 7) is 0.657. The number of hydrogen-bond acceptors (Lipinski definition) is 5. The van der Waals surface area contributed by atoms with Gasteiger partial charge in [-0.2, -0.15) is 4.31 Å². The maximum absolute atomic E-state index is 12.5. The second-order valence-corrected chi connectivity index (χ2v) is 7.97. The molecule has 0 fully saturated rings. The Kier molecular flexibility index (Phi) is 5.00. The average Bonchev–Trinajstić information content (AvgIpc) is 2.97. The largest absolute Gasteiger partial charge is 0.497 e. The summed E-state index contributed by atoms with van der Waals surface area (Å²) < 4.78 is 31.7. The Labute approximate surface area is 129 Å². The van der Waals surface area contributed by atoms with Crippen molar-refractivity contribution in [3.05, 3.63) is 46.8 Å². The minimum absolute atomic E-state index is 0.308. The number of ether oxygens (including phenoxy) is 1. The van der Waals surface area contributed by atoms with Gasteiger partial charge in [0.2, 0.25) is 0 Å². The van der Waals surface area contributed by atoms with E-state index in [1.807, 2.05) is 24.3 Å². The van der Waals surface area contributed by atoms with Crippen LogP contribution in [0.25, 0.3) is 0 Å². The minimum atomic E-state index is -3.48. The van der Waals surface area contributed by atoms with Gasteiger partial charge in [-0.3, -0.25) is 0 Å². The van der Waals surface area contributed by atoms with Gasteiger partial charge in [0, 0.05) is 25.0 Å². The van der Waals surface area contributed by atoms with Crippen molar-refractivity contribution in [1.29, 1.82) is 0 Å². The molecular formula is C14H18N2O3S2. The molecule has 0 saturated carbocycles. The third-order valence-corrected chi connectivity index (χ3v) is 6.45. The smallest absolute Gasteiger partial charge is 0.252 e. The summed E-state index contributed by atoms with van der Waals surface area (Å²) >= 11 is 1.21. The van der Waals surface area contributed by atoms with Gasteiger partial charge in [-0.05, 0) is 29.8 Å². The molecule has 0 unspecified atom stereocenters. The summed E-state index contributed by atoms with van der Waals surface area (Å²) in [5.41, 5.74) is 6.42. The van der Waals surface area contributed by atoms with E-state index in [0.29, 0.717) is 17.3 Å². The Balaban J connectivity index is 2.15. The molecule has 21 heavy (non-hydrogen) atoms. The van der Waals surface area contributed by atoms with Crippen LogP contribution < -0.4 is 10.5 Å². The molecule has 2 rings (SSSR count). The fourth-order valence-corrected chi connectivity index (χ4v) is 4.44. The Morgan fingerprint density at radius 3 is 2.38 bits per heavy atom. The number of benzene rings is 1. The van der Waals surface area contributed by atoms with Crippen molar-refractivity contribution in [1.82, 2.24) is 4.31 Å². The van der Waals surface area contributed by atoms with E-state index in [-0.39, 0.29) is 0 Å². The lowest BCUT2D eigenvalue weighted by molar-refractivity contribution is 0.414. The lowest BCUT2D eigenvalue weighted by atomic mass is 10.2. The molecule has 0 bridgehead atoms. The molecule has 0 aliphatic rings. The van der Waals surface area contributed by atoms with Gasteiger partial charge in [0.25, 0.3) is 10.0 Å². The Morgan fingerprint density at radius 1 is 1.19 bits per heavy atom. The highest BCUT2D eigenvalue weighted by molar-refractivity contribution is 7.91. The molecule has 7 heteroatoms. The van der Waals surface area contributed by atoms with E-state index in [0.717, 1.165) is 16.2 Å². The summed E-state index contributed by atoms with van der Waals surface area (Å²) in [6, 6.07) is 10.7. The van der Waals surface area contributed by atoms with Crippen molar-refractivity contribution >= 4 is 21.4 Å². The summed E-state index contributed by atoms with van der Waals surface area (Å²) in [4.78, 5) is 0.853. The van der Waals surface area contributed by atoms with Crippen molar-refractivity contribution < 1.29 is 13.2 Å². The number of nitrogens with two attached hydrogens (primary N) is 1. The topological polar surface area (TPSA) is 72.6 Å². The molecule has 2 aromatic rings. The zero-order chi connectivity index (χ0) is 15.5. The standard InChI is InChI=1S/C14H18N2O3S2/c1-16(10-11-3-5-12(19-2)6-4-11)21(17,18)14-8-7-13(9-15)20-14/h3-8H,9-10,15H2,1-2H3. The Morgan fingerprint density at radius 2 is 1.86 bits per heavy atom. The number of methoxy groups -OCH3 is 1. The first-order valence-electron chi connectivity index (χ1n) is 6.35. The predicted octanol–water partition coefficient (Wildman–Crippen LogP) is 2.04. The normalized spacial score (nSPS) is 11.8. The van der Waals surface area contributed by atoms with Gasteiger partial charge in [0.15, 0.2) is 0 Å². The minimum Gasteiger partial charge on any atom is -0.497 e. The van der Waals surface area contributed by atoms with Crippen molar-refractivity contribution in [2.45, 2.75) is 17.3 Å². The molecule has 114 valence electrons. The van der Waals surface area contributed by atoms with E-state index in [2.05, 4.69) is 0 Å². The predicted molar refractivity (Wildman–Crippen MR) is 83.9 cm³/mol. The quantitative estimate of drug-likeness (QED) is 0.881. The molecule has 0 radical (unpaired) electrons. The molecule has 0 spiro atoms. The van der Waals surface area contributed by atoms with Gasteiger partial charge < -0.3 is 10.5 Å². The van der Waals surface area contributed by atoms with Crippen molar-refractivity contribution in [3.63, 3.8) is 0 Å². The van der Waals surface area contributed by atoms with Crippen LogP contribution in [0.1, 0.15) is 10.4 Å². The third kappa shape index (κ3) is 3.62. The first-order chi connectivity index (χ1) is 9.97. The maximum Gasteiger partial charge on any atom is 0.252 e. The molecule has 0 aliphatic carbocycles. The van der Waals surface area contributed by atoms with Crippen LogP contribution in [0.5, 0.6) is 5.75 Å². The molecule has 1 aromatic heterocycles. The van der Waals surface area contributed by atoms with Crippen LogP contribution in [0.3, 0.4) is 0 Å². The summed E-state index contributed by atoms with van der Waals surface area (Å²) in [7, 11) is -0.312. The number of rotatable bonds is 6. The second-order valence-electron chi connectivity index (χ2n) is 4.53. The molecule has 0 aliphatic heterocycles. The number of hydrogen-bond donors (Lipinski definition) is 1. The van der Waals surface area contributed by atoms with E-state index >= 15 is 0 Å². The van der Waals surface area contributed by atoms with Crippen LogP contribution in [0, 0.1) is 0 Å². The van der Waals surface area contributed by atoms with Crippen LogP contribution in [-0.4, -0.2) is 26.9 Å². The third-order valence-electron chi connectivity index (χ3n) is 3.07. The monoisotopic (exact) mass is 326 g/mol. The molecule has 5 nitrogen and oxygen atoms in total. The molecule has 2 N–H and O–H groups in total.